The molecule has 1 saturated heterocycles. The van der Waals surface area contributed by atoms with E-state index in [-0.39, 0.29) is 138 Å². The van der Waals surface area contributed by atoms with Crippen molar-refractivity contribution in [1.29, 1.82) is 0 Å². The molecule has 93 valence electrons. The van der Waals surface area contributed by atoms with E-state index in [0.29, 0.717) is 0 Å². The third-order valence-corrected chi connectivity index (χ3v) is 2.71. The Hall–Kier alpha value is 4.16. The first-order chi connectivity index (χ1) is 6.25. The van der Waals surface area contributed by atoms with Crippen molar-refractivity contribution in [3.05, 3.63) is 0 Å². The van der Waals surface area contributed by atoms with Crippen LogP contribution in [0.2, 0.25) is 0 Å². The molecule has 1 heterocycles. The Bertz CT molecular complexity index is 210. The van der Waals surface area contributed by atoms with E-state index >= 15 is 0 Å². The van der Waals surface area contributed by atoms with Gasteiger partial charge in [0, 0.05) is 132 Å². The Morgan fingerprint density at radius 1 is 0.824 bits per heavy atom. The summed E-state index contributed by atoms with van der Waals surface area (Å²) in [5.41, 5.74) is -0.255. The van der Waals surface area contributed by atoms with Gasteiger partial charge in [-0.2, -0.15) is 0 Å². The van der Waals surface area contributed by atoms with Crippen LogP contribution < -0.4 is 0 Å². The largest absolute Gasteiger partial charge is 0.388 e. The molecule has 0 aromatic carbocycles. The first kappa shape index (κ1) is 26.1. The van der Waals surface area contributed by atoms with Gasteiger partial charge in [-0.05, 0) is 12.3 Å². The molecular formula is C10H20Ac3O4. The number of aliphatic hydroxyl groups is 3. The van der Waals surface area contributed by atoms with Crippen LogP contribution in [0.5, 0.6) is 0 Å². The minimum Gasteiger partial charge on any atom is -0.388 e. The molecule has 1 aliphatic rings. The van der Waals surface area contributed by atoms with Gasteiger partial charge in [-0.3, -0.25) is 0 Å². The van der Waals surface area contributed by atoms with Gasteiger partial charge in [0.2, 0.25) is 0 Å². The van der Waals surface area contributed by atoms with Gasteiger partial charge in [-0.1, -0.05) is 20.8 Å². The molecule has 0 spiro atoms. The van der Waals surface area contributed by atoms with E-state index in [1.54, 1.807) is 6.92 Å². The molecule has 0 aliphatic carbocycles. The normalized spacial score (nSPS) is 37.2. The average Bonchev–Trinajstić information content (AvgIpc) is 2.06. The van der Waals surface area contributed by atoms with Crippen LogP contribution in [-0.4, -0.2) is 45.8 Å². The molecule has 5 atom stereocenters. The van der Waals surface area contributed by atoms with Crippen LogP contribution in [0, 0.1) is 138 Å². The van der Waals surface area contributed by atoms with Crippen LogP contribution in [0.25, 0.3) is 0 Å². The molecule has 0 bridgehead atoms. The maximum absolute atomic E-state index is 9.73. The third kappa shape index (κ3) is 7.31. The zero-order chi connectivity index (χ0) is 11.1. The van der Waals surface area contributed by atoms with Gasteiger partial charge in [0.05, 0.1) is 12.2 Å². The molecule has 0 aromatic rings. The van der Waals surface area contributed by atoms with Gasteiger partial charge in [0.15, 0.2) is 0 Å². The Morgan fingerprint density at radius 3 is 1.59 bits per heavy atom. The summed E-state index contributed by atoms with van der Waals surface area (Å²) in [4.78, 5) is 0. The molecule has 0 unspecified atom stereocenters. The molecule has 1 rings (SSSR count). The maximum atomic E-state index is 9.73. The molecule has 4 nitrogen and oxygen atoms in total. The molecule has 0 amide bonds. The van der Waals surface area contributed by atoms with Crippen molar-refractivity contribution in [2.24, 2.45) is 5.41 Å². The molecule has 1 fully saturated rings. The van der Waals surface area contributed by atoms with E-state index < -0.39 is 30.5 Å². The quantitative estimate of drug-likeness (QED) is 0.319. The second-order valence-corrected chi connectivity index (χ2v) is 5.10. The molecule has 0 aromatic heterocycles. The zero-order valence-corrected chi connectivity index (χ0v) is 25.1. The Kier molecular flexibility index (Phi) is 16.6. The predicted octanol–water partition coefficient (Wildman–Crippen LogP) is -0.0975. The summed E-state index contributed by atoms with van der Waals surface area (Å²) < 4.78 is 5.49. The predicted molar refractivity (Wildman–Crippen MR) is 51.8 cm³/mol. The molecular weight excluding hydrogens is 865 g/mol. The molecule has 3 N–H and O–H groups in total. The fourth-order valence-corrected chi connectivity index (χ4v) is 1.77. The van der Waals surface area contributed by atoms with Crippen molar-refractivity contribution >= 4 is 0 Å². The van der Waals surface area contributed by atoms with E-state index in [9.17, 15) is 15.3 Å². The van der Waals surface area contributed by atoms with E-state index in [2.05, 4.69) is 0 Å². The number of aliphatic hydroxyl groups excluding tert-OH is 3. The van der Waals surface area contributed by atoms with Crippen LogP contribution in [0.15, 0.2) is 0 Å². The summed E-state index contributed by atoms with van der Waals surface area (Å²) in [6.45, 7) is 7.48. The summed E-state index contributed by atoms with van der Waals surface area (Å²) in [5.74, 6) is 0. The smallest absolute Gasteiger partial charge is 0.111 e. The maximum Gasteiger partial charge on any atom is 0.111 e. The molecule has 1 aliphatic heterocycles. The van der Waals surface area contributed by atoms with Gasteiger partial charge < -0.3 is 20.1 Å². The van der Waals surface area contributed by atoms with Gasteiger partial charge in [0.1, 0.15) is 18.3 Å². The van der Waals surface area contributed by atoms with Gasteiger partial charge in [0.25, 0.3) is 0 Å². The van der Waals surface area contributed by atoms with Crippen molar-refractivity contribution in [1.82, 2.24) is 0 Å². The van der Waals surface area contributed by atoms with Gasteiger partial charge in [-0.25, -0.2) is 0 Å². The molecule has 17 heavy (non-hydrogen) atoms. The molecule has 7 heteroatoms. The standard InChI is InChI=1S/C10H20O4.3Ac/c1-5-6(11)7(12)8(13)9(14-5)10(2,3)4;;;/h5-9,11-13H,1-4H3;;;/t5-,6+,7+,8-,9-;;;/m0.../s1. The SMILES string of the molecule is C[C@@H]1O[C@H](C(C)(C)C)[C@@H](O)[C@H](O)[C@@H]1O.[Ac].[Ac].[Ac]. The van der Waals surface area contributed by atoms with Crippen LogP contribution in [-0.2, 0) is 4.74 Å². The molecule has 3 radical (unpaired) electrons. The van der Waals surface area contributed by atoms with Crippen molar-refractivity contribution in [3.8, 4) is 0 Å². The number of ether oxygens (including phenoxy) is 1. The first-order valence-electron chi connectivity index (χ1n) is 4.95. The van der Waals surface area contributed by atoms with E-state index in [1.807, 2.05) is 20.8 Å². The number of hydrogen-bond acceptors (Lipinski definition) is 4. The van der Waals surface area contributed by atoms with Crippen molar-refractivity contribution < 1.29 is 152 Å². The van der Waals surface area contributed by atoms with E-state index in [4.69, 9.17) is 4.74 Å². The van der Waals surface area contributed by atoms with E-state index in [0.717, 1.165) is 0 Å². The number of rotatable bonds is 0. The monoisotopic (exact) mass is 885 g/mol. The van der Waals surface area contributed by atoms with Crippen LogP contribution in [0.3, 0.4) is 0 Å². The third-order valence-electron chi connectivity index (χ3n) is 2.71. The Balaban J connectivity index is -0.000000653. The fourth-order valence-electron chi connectivity index (χ4n) is 1.77. The Morgan fingerprint density at radius 2 is 1.24 bits per heavy atom. The van der Waals surface area contributed by atoms with Crippen molar-refractivity contribution in [2.75, 3.05) is 0 Å². The van der Waals surface area contributed by atoms with Crippen LogP contribution in [0.1, 0.15) is 27.7 Å². The van der Waals surface area contributed by atoms with Crippen LogP contribution >= 0.6 is 0 Å². The van der Waals surface area contributed by atoms with Crippen molar-refractivity contribution in [2.45, 2.75) is 58.2 Å². The number of hydrogen-bond donors (Lipinski definition) is 3. The summed E-state index contributed by atoms with van der Waals surface area (Å²) in [7, 11) is 0. The first-order valence-corrected chi connectivity index (χ1v) is 4.95. The zero-order valence-electron chi connectivity index (χ0n) is 10.9. The van der Waals surface area contributed by atoms with Gasteiger partial charge in [-0.15, -0.1) is 0 Å². The summed E-state index contributed by atoms with van der Waals surface area (Å²) in [6, 6.07) is 0. The average molecular weight is 885 g/mol. The fraction of sp³-hybridized carbons (Fsp3) is 1.00. The molecule has 0 saturated carbocycles. The topological polar surface area (TPSA) is 69.9 Å². The summed E-state index contributed by atoms with van der Waals surface area (Å²) >= 11 is 0. The van der Waals surface area contributed by atoms with Gasteiger partial charge >= 0.3 is 0 Å². The van der Waals surface area contributed by atoms with Crippen LogP contribution in [0.4, 0.5) is 0 Å². The van der Waals surface area contributed by atoms with Crippen molar-refractivity contribution in [3.63, 3.8) is 0 Å². The van der Waals surface area contributed by atoms with E-state index in [1.165, 1.54) is 0 Å². The minimum atomic E-state index is -1.12. The summed E-state index contributed by atoms with van der Waals surface area (Å²) in [5, 5.41) is 28.8. The summed E-state index contributed by atoms with van der Waals surface area (Å²) in [6.07, 6.45) is -4.05. The second kappa shape index (κ2) is 10.8. The Labute approximate surface area is 211 Å². The second-order valence-electron chi connectivity index (χ2n) is 5.10. The minimum absolute atomic E-state index is 0.